The van der Waals surface area contributed by atoms with Crippen LogP contribution in [0.3, 0.4) is 0 Å². The number of hydrogen-bond donors (Lipinski definition) is 1. The summed E-state index contributed by atoms with van der Waals surface area (Å²) in [6.45, 7) is 6.57. The summed E-state index contributed by atoms with van der Waals surface area (Å²) in [5.41, 5.74) is 2.37. The molecule has 0 fully saturated rings. The predicted molar refractivity (Wildman–Crippen MR) is 77.4 cm³/mol. The maximum atomic E-state index is 10.1. The third-order valence-electron chi connectivity index (χ3n) is 4.03. The number of hydrogen-bond acceptors (Lipinski definition) is 3. The first-order valence-corrected chi connectivity index (χ1v) is 7.63. The molecule has 1 N–H and O–H groups in total. The molecule has 0 aromatic heterocycles. The SMILES string of the molecule is CC(C)c1ccc2c(c1)C(C)(N(C)O)CCCS2. The van der Waals surface area contributed by atoms with Crippen LogP contribution in [0.2, 0.25) is 0 Å². The number of fused-ring (bicyclic) bond motifs is 1. The Morgan fingerprint density at radius 3 is 2.72 bits per heavy atom. The van der Waals surface area contributed by atoms with Crippen LogP contribution in [0, 0.1) is 0 Å². The second kappa shape index (κ2) is 5.24. The van der Waals surface area contributed by atoms with Gasteiger partial charge < -0.3 is 5.21 Å². The highest BCUT2D eigenvalue weighted by Gasteiger charge is 2.34. The van der Waals surface area contributed by atoms with E-state index < -0.39 is 0 Å². The van der Waals surface area contributed by atoms with Crippen LogP contribution in [0.1, 0.15) is 50.7 Å². The van der Waals surface area contributed by atoms with Crippen molar-refractivity contribution in [2.24, 2.45) is 0 Å². The first kappa shape index (κ1) is 13.9. The van der Waals surface area contributed by atoms with Crippen LogP contribution in [-0.4, -0.2) is 23.1 Å². The Kier molecular flexibility index (Phi) is 4.05. The van der Waals surface area contributed by atoms with Gasteiger partial charge >= 0.3 is 0 Å². The molecule has 2 nitrogen and oxygen atoms in total. The molecule has 3 heteroatoms. The number of hydroxylamine groups is 2. The molecule has 0 aliphatic carbocycles. The molecule has 0 radical (unpaired) electrons. The van der Waals surface area contributed by atoms with E-state index in [1.54, 1.807) is 7.05 Å². The van der Waals surface area contributed by atoms with E-state index in [-0.39, 0.29) is 5.54 Å². The molecule has 1 aliphatic rings. The molecule has 0 saturated heterocycles. The van der Waals surface area contributed by atoms with Crippen LogP contribution in [0.15, 0.2) is 23.1 Å². The average Bonchev–Trinajstić information content (AvgIpc) is 2.49. The highest BCUT2D eigenvalue weighted by molar-refractivity contribution is 7.99. The fourth-order valence-electron chi connectivity index (χ4n) is 2.52. The Bertz CT molecular complexity index is 431. The molecule has 0 bridgehead atoms. The highest BCUT2D eigenvalue weighted by atomic mass is 32.2. The largest absolute Gasteiger partial charge is 0.313 e. The molecule has 0 saturated carbocycles. The van der Waals surface area contributed by atoms with Gasteiger partial charge in [0.25, 0.3) is 0 Å². The standard InChI is InChI=1S/C15H23NOS/c1-11(2)12-6-7-14-13(10-12)15(3,16(4)17)8-5-9-18-14/h6-7,10-11,17H,5,8-9H2,1-4H3. The van der Waals surface area contributed by atoms with E-state index in [2.05, 4.69) is 39.0 Å². The van der Waals surface area contributed by atoms with Gasteiger partial charge in [-0.25, -0.2) is 0 Å². The zero-order valence-corrected chi connectivity index (χ0v) is 12.5. The molecule has 1 unspecified atom stereocenters. The topological polar surface area (TPSA) is 23.5 Å². The van der Waals surface area contributed by atoms with E-state index in [4.69, 9.17) is 0 Å². The van der Waals surface area contributed by atoms with E-state index in [1.165, 1.54) is 21.1 Å². The van der Waals surface area contributed by atoms with Crippen molar-refractivity contribution in [1.82, 2.24) is 5.06 Å². The van der Waals surface area contributed by atoms with Crippen LogP contribution in [-0.2, 0) is 5.54 Å². The normalized spacial score (nSPS) is 24.2. The molecule has 1 aromatic rings. The number of nitrogens with zero attached hydrogens (tertiary/aromatic N) is 1. The molecule has 100 valence electrons. The molecule has 1 aliphatic heterocycles. The third kappa shape index (κ3) is 2.44. The smallest absolute Gasteiger partial charge is 0.0688 e. The van der Waals surface area contributed by atoms with Crippen molar-refractivity contribution < 1.29 is 5.21 Å². The summed E-state index contributed by atoms with van der Waals surface area (Å²) in [6.07, 6.45) is 2.14. The molecule has 1 aromatic carbocycles. The van der Waals surface area contributed by atoms with Crippen molar-refractivity contribution in [1.29, 1.82) is 0 Å². The number of thioether (sulfide) groups is 1. The van der Waals surface area contributed by atoms with Gasteiger partial charge in [0.05, 0.1) is 5.54 Å². The van der Waals surface area contributed by atoms with Crippen LogP contribution in [0.5, 0.6) is 0 Å². The second-order valence-electron chi connectivity index (χ2n) is 5.66. The van der Waals surface area contributed by atoms with Gasteiger partial charge in [0.2, 0.25) is 0 Å². The van der Waals surface area contributed by atoms with E-state index in [1.807, 2.05) is 11.8 Å². The summed E-state index contributed by atoms with van der Waals surface area (Å²) in [4.78, 5) is 1.32. The zero-order chi connectivity index (χ0) is 13.3. The summed E-state index contributed by atoms with van der Waals surface area (Å²) in [6, 6.07) is 6.73. The van der Waals surface area contributed by atoms with Crippen LogP contribution >= 0.6 is 11.8 Å². The van der Waals surface area contributed by atoms with Crippen molar-refractivity contribution >= 4 is 11.8 Å². The first-order valence-electron chi connectivity index (χ1n) is 6.65. The lowest BCUT2D eigenvalue weighted by atomic mass is 9.85. The van der Waals surface area contributed by atoms with Gasteiger partial charge in [0.15, 0.2) is 0 Å². The van der Waals surface area contributed by atoms with Gasteiger partial charge in [-0.15, -0.1) is 11.8 Å². The first-order chi connectivity index (χ1) is 8.45. The monoisotopic (exact) mass is 265 g/mol. The van der Waals surface area contributed by atoms with E-state index >= 15 is 0 Å². The summed E-state index contributed by atoms with van der Waals surface area (Å²) in [7, 11) is 1.77. The zero-order valence-electron chi connectivity index (χ0n) is 11.7. The van der Waals surface area contributed by atoms with Crippen molar-refractivity contribution in [2.45, 2.75) is 50.0 Å². The van der Waals surface area contributed by atoms with Gasteiger partial charge in [-0.1, -0.05) is 26.0 Å². The van der Waals surface area contributed by atoms with E-state index in [0.29, 0.717) is 5.92 Å². The molecule has 18 heavy (non-hydrogen) atoms. The van der Waals surface area contributed by atoms with E-state index in [0.717, 1.165) is 18.6 Å². The second-order valence-corrected chi connectivity index (χ2v) is 6.80. The van der Waals surface area contributed by atoms with Gasteiger partial charge in [0, 0.05) is 11.9 Å². The van der Waals surface area contributed by atoms with Crippen molar-refractivity contribution in [3.05, 3.63) is 29.3 Å². The Labute approximate surface area is 114 Å². The Balaban J connectivity index is 2.54. The van der Waals surface area contributed by atoms with Crippen molar-refractivity contribution in [2.75, 3.05) is 12.8 Å². The fraction of sp³-hybridized carbons (Fsp3) is 0.600. The van der Waals surface area contributed by atoms with Crippen molar-refractivity contribution in [3.8, 4) is 0 Å². The summed E-state index contributed by atoms with van der Waals surface area (Å²) in [5.74, 6) is 1.66. The molecule has 0 amide bonds. The molecular weight excluding hydrogens is 242 g/mol. The number of rotatable bonds is 2. The third-order valence-corrected chi connectivity index (χ3v) is 5.19. The van der Waals surface area contributed by atoms with Crippen LogP contribution < -0.4 is 0 Å². The molecule has 0 spiro atoms. The minimum atomic E-state index is -0.260. The minimum absolute atomic E-state index is 0.260. The Hall–Kier alpha value is -0.510. The maximum absolute atomic E-state index is 10.1. The van der Waals surface area contributed by atoms with Crippen LogP contribution in [0.25, 0.3) is 0 Å². The molecule has 1 atom stereocenters. The summed E-state index contributed by atoms with van der Waals surface area (Å²) >= 11 is 1.91. The summed E-state index contributed by atoms with van der Waals surface area (Å²) in [5, 5.41) is 11.5. The van der Waals surface area contributed by atoms with Gasteiger partial charge in [-0.3, -0.25) is 0 Å². The lowest BCUT2D eigenvalue weighted by molar-refractivity contribution is -0.154. The fourth-order valence-corrected chi connectivity index (χ4v) is 3.63. The minimum Gasteiger partial charge on any atom is -0.313 e. The highest BCUT2D eigenvalue weighted by Crippen LogP contribution is 2.42. The van der Waals surface area contributed by atoms with Crippen LogP contribution in [0.4, 0.5) is 0 Å². The predicted octanol–water partition coefficient (Wildman–Crippen LogP) is 4.23. The summed E-state index contributed by atoms with van der Waals surface area (Å²) < 4.78 is 0. The molecule has 1 heterocycles. The Morgan fingerprint density at radius 1 is 1.39 bits per heavy atom. The molecule has 2 rings (SSSR count). The van der Waals surface area contributed by atoms with E-state index in [9.17, 15) is 5.21 Å². The van der Waals surface area contributed by atoms with Gasteiger partial charge in [0.1, 0.15) is 0 Å². The molecular formula is C15H23NOS. The average molecular weight is 265 g/mol. The number of benzene rings is 1. The quantitative estimate of drug-likeness (QED) is 0.809. The lowest BCUT2D eigenvalue weighted by Gasteiger charge is -2.35. The van der Waals surface area contributed by atoms with Crippen molar-refractivity contribution in [3.63, 3.8) is 0 Å². The maximum Gasteiger partial charge on any atom is 0.0688 e. The Morgan fingerprint density at radius 2 is 2.11 bits per heavy atom. The lowest BCUT2D eigenvalue weighted by Crippen LogP contribution is -2.39. The van der Waals surface area contributed by atoms with Gasteiger partial charge in [-0.2, -0.15) is 5.06 Å². The van der Waals surface area contributed by atoms with Gasteiger partial charge in [-0.05, 0) is 48.6 Å².